The van der Waals surface area contributed by atoms with Crippen LogP contribution in [-0.4, -0.2) is 45.7 Å². The highest BCUT2D eigenvalue weighted by Gasteiger charge is 2.47. The molecule has 236 valence electrons. The number of carbonyl (C=O) groups excluding carboxylic acids is 2. The van der Waals surface area contributed by atoms with Gasteiger partial charge < -0.3 is 14.6 Å². The minimum atomic E-state index is -0.982. The van der Waals surface area contributed by atoms with Crippen LogP contribution in [0.25, 0.3) is 10.8 Å². The lowest BCUT2D eigenvalue weighted by atomic mass is 9.95. The average Bonchev–Trinajstić information content (AvgIpc) is 3.74. The number of aromatic nitrogens is 3. The molecule has 2 aromatic heterocycles. The lowest BCUT2D eigenvalue weighted by Gasteiger charge is -2.24. The van der Waals surface area contributed by atoms with Crippen LogP contribution in [0, 0.1) is 13.8 Å². The first kappa shape index (κ1) is 31.7. The van der Waals surface area contributed by atoms with Crippen LogP contribution >= 0.6 is 34.4 Å². The summed E-state index contributed by atoms with van der Waals surface area (Å²) in [4.78, 5) is 33.9. The molecule has 0 radical (unpaired) electrons. The maximum atomic E-state index is 14.0. The number of benzene rings is 3. The minimum Gasteiger partial charge on any atom is -0.503 e. The number of unbranched alkanes of at least 4 members (excludes halogenated alkanes) is 1. The van der Waals surface area contributed by atoms with Crippen molar-refractivity contribution in [1.82, 2.24) is 15.2 Å². The van der Waals surface area contributed by atoms with Gasteiger partial charge in [0.25, 0.3) is 5.91 Å². The van der Waals surface area contributed by atoms with Crippen molar-refractivity contribution in [2.45, 2.75) is 49.7 Å². The zero-order valence-corrected chi connectivity index (χ0v) is 28.2. The van der Waals surface area contributed by atoms with E-state index in [1.54, 1.807) is 25.1 Å². The Kier molecular flexibility index (Phi) is 9.39. The SMILES string of the molecule is CCCCOc1ccc(C2C(C(=O)c3sc(C)nc3C)=C(O)C(=O)N2c2nnc(SCc3cccc4ccccc34)s2)cc1OC. The van der Waals surface area contributed by atoms with E-state index in [1.165, 1.54) is 51.8 Å². The Morgan fingerprint density at radius 3 is 2.61 bits per heavy atom. The quantitative estimate of drug-likeness (QED) is 0.0609. The monoisotopic (exact) mass is 672 g/mol. The number of aliphatic hydroxyl groups is 1. The molecule has 9 nitrogen and oxygen atoms in total. The number of ether oxygens (including phenoxy) is 2. The van der Waals surface area contributed by atoms with E-state index in [0.717, 1.165) is 23.8 Å². The molecule has 3 aromatic carbocycles. The van der Waals surface area contributed by atoms with Gasteiger partial charge in [-0.05, 0) is 54.3 Å². The zero-order chi connectivity index (χ0) is 32.4. The summed E-state index contributed by atoms with van der Waals surface area (Å²) in [6.45, 7) is 6.17. The summed E-state index contributed by atoms with van der Waals surface area (Å²) in [5, 5.41) is 23.3. The molecule has 0 bridgehead atoms. The lowest BCUT2D eigenvalue weighted by Crippen LogP contribution is -2.31. The highest BCUT2D eigenvalue weighted by atomic mass is 32.2. The Hall–Kier alpha value is -4.26. The molecule has 0 spiro atoms. The Balaban J connectivity index is 1.36. The number of aliphatic hydroxyl groups excluding tert-OH is 1. The lowest BCUT2D eigenvalue weighted by molar-refractivity contribution is -0.117. The number of hydrogen-bond donors (Lipinski definition) is 1. The number of rotatable bonds is 12. The Bertz CT molecular complexity index is 1960. The molecule has 1 unspecified atom stereocenters. The minimum absolute atomic E-state index is 0.0430. The number of aryl methyl sites for hydroxylation is 2. The normalized spacial score (nSPS) is 14.8. The molecule has 46 heavy (non-hydrogen) atoms. The predicted molar refractivity (Wildman–Crippen MR) is 183 cm³/mol. The Morgan fingerprint density at radius 1 is 1.04 bits per heavy atom. The summed E-state index contributed by atoms with van der Waals surface area (Å²) in [6.07, 6.45) is 1.87. The van der Waals surface area contributed by atoms with Crippen LogP contribution in [0.1, 0.15) is 57.3 Å². The van der Waals surface area contributed by atoms with Crippen molar-refractivity contribution < 1.29 is 24.2 Å². The molecule has 0 aliphatic carbocycles. The molecule has 6 rings (SSSR count). The van der Waals surface area contributed by atoms with Crippen molar-refractivity contribution in [2.75, 3.05) is 18.6 Å². The number of anilines is 1. The number of hydrogen-bond acceptors (Lipinski definition) is 11. The third kappa shape index (κ3) is 6.12. The third-order valence-corrected chi connectivity index (χ3v) is 10.8. The van der Waals surface area contributed by atoms with Crippen LogP contribution in [0.5, 0.6) is 11.5 Å². The standard InChI is InChI=1S/C34H32N4O5S3/c1-5-6-16-43-25-15-14-22(17-26(25)42-4)28-27(29(39)31-19(2)35-20(3)45-31)30(40)32(41)38(28)33-36-37-34(46-33)44-18-23-12-9-11-21-10-7-8-13-24(21)23/h7-15,17,28,40H,5-6,16,18H2,1-4H3. The third-order valence-electron chi connectivity index (χ3n) is 7.65. The molecular formula is C34H32N4O5S3. The molecule has 1 aliphatic rings. The van der Waals surface area contributed by atoms with Crippen LogP contribution in [-0.2, 0) is 10.5 Å². The summed E-state index contributed by atoms with van der Waals surface area (Å²) in [6, 6.07) is 18.7. The molecule has 0 fully saturated rings. The van der Waals surface area contributed by atoms with Gasteiger partial charge in [-0.2, -0.15) is 0 Å². The summed E-state index contributed by atoms with van der Waals surface area (Å²) >= 11 is 3.98. The summed E-state index contributed by atoms with van der Waals surface area (Å²) in [5.41, 5.74) is 2.21. The summed E-state index contributed by atoms with van der Waals surface area (Å²) in [5.74, 6) is -0.152. The molecule has 1 amide bonds. The van der Waals surface area contributed by atoms with Crippen LogP contribution in [0.3, 0.4) is 0 Å². The molecule has 12 heteroatoms. The van der Waals surface area contributed by atoms with Crippen LogP contribution in [0.15, 0.2) is 76.3 Å². The molecule has 0 saturated heterocycles. The first-order valence-electron chi connectivity index (χ1n) is 14.8. The topological polar surface area (TPSA) is 115 Å². The van der Waals surface area contributed by atoms with Gasteiger partial charge in [0.2, 0.25) is 10.9 Å². The van der Waals surface area contributed by atoms with E-state index >= 15 is 0 Å². The second-order valence-electron chi connectivity index (χ2n) is 10.7. The van der Waals surface area contributed by atoms with Crippen molar-refractivity contribution in [2.24, 2.45) is 0 Å². The first-order chi connectivity index (χ1) is 22.3. The fourth-order valence-corrected chi connectivity index (χ4v) is 8.18. The molecule has 0 saturated carbocycles. The maximum absolute atomic E-state index is 14.0. The van der Waals surface area contributed by atoms with E-state index in [9.17, 15) is 14.7 Å². The smallest absolute Gasteiger partial charge is 0.296 e. The van der Waals surface area contributed by atoms with Crippen LogP contribution < -0.4 is 14.4 Å². The van der Waals surface area contributed by atoms with Gasteiger partial charge in [0, 0.05) is 5.75 Å². The Morgan fingerprint density at radius 2 is 1.85 bits per heavy atom. The number of carbonyl (C=O) groups is 2. The number of fused-ring (bicyclic) bond motifs is 1. The fourth-order valence-electron chi connectivity index (χ4n) is 5.43. The first-order valence-corrected chi connectivity index (χ1v) is 17.4. The van der Waals surface area contributed by atoms with E-state index in [-0.39, 0.29) is 10.7 Å². The van der Waals surface area contributed by atoms with Crippen molar-refractivity contribution in [3.05, 3.63) is 98.7 Å². The number of amides is 1. The second-order valence-corrected chi connectivity index (χ2v) is 14.1. The molecule has 3 heterocycles. The van der Waals surface area contributed by atoms with Gasteiger partial charge in [-0.25, -0.2) is 4.98 Å². The highest BCUT2D eigenvalue weighted by molar-refractivity contribution is 8.00. The highest BCUT2D eigenvalue weighted by Crippen LogP contribution is 2.46. The fraction of sp³-hybridized carbons (Fsp3) is 0.265. The number of thiazole rings is 1. The van der Waals surface area contributed by atoms with Gasteiger partial charge in [-0.15, -0.1) is 21.5 Å². The number of methoxy groups -OCH3 is 1. The molecule has 1 N–H and O–H groups in total. The van der Waals surface area contributed by atoms with Gasteiger partial charge in [-0.1, -0.05) is 85.0 Å². The van der Waals surface area contributed by atoms with Gasteiger partial charge in [0.05, 0.1) is 40.9 Å². The number of nitrogens with zero attached hydrogens (tertiary/aromatic N) is 4. The van der Waals surface area contributed by atoms with Crippen LogP contribution in [0.4, 0.5) is 5.13 Å². The summed E-state index contributed by atoms with van der Waals surface area (Å²) in [7, 11) is 1.54. The van der Waals surface area contributed by atoms with Gasteiger partial charge in [0.1, 0.15) is 0 Å². The summed E-state index contributed by atoms with van der Waals surface area (Å²) < 4.78 is 12.2. The second kappa shape index (κ2) is 13.6. The van der Waals surface area contributed by atoms with Crippen LogP contribution in [0.2, 0.25) is 0 Å². The average molecular weight is 673 g/mol. The van der Waals surface area contributed by atoms with E-state index in [2.05, 4.69) is 46.4 Å². The molecule has 1 aliphatic heterocycles. The van der Waals surface area contributed by atoms with Crippen molar-refractivity contribution >= 4 is 62.0 Å². The number of thioether (sulfide) groups is 1. The van der Waals surface area contributed by atoms with Gasteiger partial charge in [0.15, 0.2) is 21.6 Å². The molecule has 5 aromatic rings. The van der Waals surface area contributed by atoms with E-state index < -0.39 is 23.5 Å². The largest absolute Gasteiger partial charge is 0.503 e. The number of ketones is 1. The van der Waals surface area contributed by atoms with E-state index in [0.29, 0.717) is 49.3 Å². The Labute approximate surface area is 278 Å². The van der Waals surface area contributed by atoms with Crippen molar-refractivity contribution in [1.29, 1.82) is 0 Å². The van der Waals surface area contributed by atoms with Crippen molar-refractivity contribution in [3.63, 3.8) is 0 Å². The predicted octanol–water partition coefficient (Wildman–Crippen LogP) is 8.03. The number of Topliss-reactive ketones (excluding diaryl/α,β-unsaturated/α-hetero) is 1. The zero-order valence-electron chi connectivity index (χ0n) is 25.8. The molecular weight excluding hydrogens is 641 g/mol. The van der Waals surface area contributed by atoms with E-state index in [4.69, 9.17) is 9.47 Å². The molecule has 1 atom stereocenters. The van der Waals surface area contributed by atoms with Crippen molar-refractivity contribution in [3.8, 4) is 11.5 Å². The van der Waals surface area contributed by atoms with Gasteiger partial charge in [-0.3, -0.25) is 14.5 Å². The van der Waals surface area contributed by atoms with E-state index in [1.807, 2.05) is 25.1 Å². The maximum Gasteiger partial charge on any atom is 0.296 e. The van der Waals surface area contributed by atoms with Gasteiger partial charge >= 0.3 is 0 Å².